The van der Waals surface area contributed by atoms with Crippen LogP contribution in [-0.4, -0.2) is 25.8 Å². The van der Waals surface area contributed by atoms with Gasteiger partial charge in [0.1, 0.15) is 12.6 Å². The minimum absolute atomic E-state index is 0.0424. The first kappa shape index (κ1) is 14.9. The van der Waals surface area contributed by atoms with Gasteiger partial charge < -0.3 is 9.47 Å². The lowest BCUT2D eigenvalue weighted by Gasteiger charge is -2.11. The molecule has 0 fully saturated rings. The molecule has 1 aliphatic carbocycles. The topological polar surface area (TPSA) is 35.5 Å². The number of hydrogen-bond acceptors (Lipinski definition) is 3. The molecule has 18 heavy (non-hydrogen) atoms. The molecule has 100 valence electrons. The van der Waals surface area contributed by atoms with E-state index in [-0.39, 0.29) is 24.6 Å². The first-order valence-electron chi connectivity index (χ1n) is 6.52. The van der Waals surface area contributed by atoms with E-state index >= 15 is 0 Å². The minimum atomic E-state index is -0.156. The predicted molar refractivity (Wildman–Crippen MR) is 70.9 cm³/mol. The smallest absolute Gasteiger partial charge is 0.147 e. The normalized spacial score (nSPS) is 25.8. The third kappa shape index (κ3) is 6.00. The molecule has 0 heterocycles. The molecule has 0 saturated carbocycles. The summed E-state index contributed by atoms with van der Waals surface area (Å²) in [5.41, 5.74) is 0. The Morgan fingerprint density at radius 2 is 2.28 bits per heavy atom. The zero-order valence-electron chi connectivity index (χ0n) is 11.3. The van der Waals surface area contributed by atoms with Crippen LogP contribution in [0.1, 0.15) is 39.0 Å². The number of rotatable bonds is 3. The van der Waals surface area contributed by atoms with Crippen molar-refractivity contribution in [1.82, 2.24) is 0 Å². The molecule has 0 aromatic rings. The predicted octanol–water partition coefficient (Wildman–Crippen LogP) is 2.70. The Kier molecular flexibility index (Phi) is 7.40. The van der Waals surface area contributed by atoms with Gasteiger partial charge in [-0.2, -0.15) is 0 Å². The highest BCUT2D eigenvalue weighted by Gasteiger charge is 2.10. The molecule has 1 rings (SSSR count). The summed E-state index contributed by atoms with van der Waals surface area (Å²) in [4.78, 5) is 11.7. The fourth-order valence-corrected chi connectivity index (χ4v) is 1.76. The van der Waals surface area contributed by atoms with Crippen LogP contribution in [0.15, 0.2) is 12.2 Å². The van der Waals surface area contributed by atoms with E-state index in [4.69, 9.17) is 9.47 Å². The number of Topliss-reactive ketones (excluding diaryl/α,β-unsaturated/α-hetero) is 1. The van der Waals surface area contributed by atoms with Gasteiger partial charge in [-0.05, 0) is 26.2 Å². The maximum Gasteiger partial charge on any atom is 0.147 e. The van der Waals surface area contributed by atoms with Gasteiger partial charge in [-0.1, -0.05) is 24.0 Å². The van der Waals surface area contributed by atoms with Gasteiger partial charge in [0.2, 0.25) is 0 Å². The van der Waals surface area contributed by atoms with E-state index in [0.29, 0.717) is 12.8 Å². The van der Waals surface area contributed by atoms with Crippen LogP contribution in [0.2, 0.25) is 0 Å². The molecule has 0 aromatic heterocycles. The molecule has 3 nitrogen and oxygen atoms in total. The average molecular weight is 250 g/mol. The summed E-state index contributed by atoms with van der Waals surface area (Å²) in [6.45, 7) is 2.15. The Morgan fingerprint density at radius 1 is 1.44 bits per heavy atom. The second kappa shape index (κ2) is 8.91. The summed E-state index contributed by atoms with van der Waals surface area (Å²) < 4.78 is 10.4. The Labute approximate surface area is 110 Å². The largest absolute Gasteiger partial charge is 0.359 e. The quantitative estimate of drug-likeness (QED) is 0.439. The average Bonchev–Trinajstić information content (AvgIpc) is 2.37. The fraction of sp³-hybridized carbons (Fsp3) is 0.667. The van der Waals surface area contributed by atoms with E-state index in [2.05, 4.69) is 17.9 Å². The highest BCUT2D eigenvalue weighted by Crippen LogP contribution is 2.10. The zero-order valence-corrected chi connectivity index (χ0v) is 11.3. The standard InChI is InChI=1S/C15H22O3/c1-13-8-7-10-14(18-12-17-2)9-5-3-4-6-11-15(13)16/h5,9,13-14H,3-4,6,10-12H2,1-2H3. The minimum Gasteiger partial charge on any atom is -0.359 e. The summed E-state index contributed by atoms with van der Waals surface area (Å²) in [7, 11) is 1.60. The van der Waals surface area contributed by atoms with Gasteiger partial charge in [0.25, 0.3) is 0 Å². The number of ketones is 1. The first-order valence-corrected chi connectivity index (χ1v) is 6.52. The molecule has 2 unspecified atom stereocenters. The summed E-state index contributed by atoms with van der Waals surface area (Å²) in [6.07, 6.45) is 8.34. The molecular formula is C15H22O3. The van der Waals surface area contributed by atoms with Gasteiger partial charge in [0, 0.05) is 20.0 Å². The van der Waals surface area contributed by atoms with Crippen LogP contribution in [-0.2, 0) is 14.3 Å². The Morgan fingerprint density at radius 3 is 3.06 bits per heavy atom. The van der Waals surface area contributed by atoms with Crippen molar-refractivity contribution >= 4 is 5.78 Å². The molecule has 0 N–H and O–H groups in total. The van der Waals surface area contributed by atoms with Gasteiger partial charge in [0.05, 0.1) is 12.0 Å². The van der Waals surface area contributed by atoms with Crippen molar-refractivity contribution in [1.29, 1.82) is 0 Å². The van der Waals surface area contributed by atoms with E-state index in [9.17, 15) is 4.79 Å². The van der Waals surface area contributed by atoms with Gasteiger partial charge >= 0.3 is 0 Å². The van der Waals surface area contributed by atoms with Crippen LogP contribution in [0.25, 0.3) is 0 Å². The summed E-state index contributed by atoms with van der Waals surface area (Å²) in [5.74, 6) is 6.14. The summed E-state index contributed by atoms with van der Waals surface area (Å²) in [5, 5.41) is 0. The Bertz CT molecular complexity index is 335. The van der Waals surface area contributed by atoms with Gasteiger partial charge in [-0.3, -0.25) is 4.79 Å². The van der Waals surface area contributed by atoms with E-state index in [1.54, 1.807) is 7.11 Å². The van der Waals surface area contributed by atoms with Crippen molar-refractivity contribution in [2.24, 2.45) is 5.92 Å². The van der Waals surface area contributed by atoms with Gasteiger partial charge in [-0.25, -0.2) is 0 Å². The number of allylic oxidation sites excluding steroid dienone is 1. The first-order chi connectivity index (χ1) is 8.74. The molecule has 0 bridgehead atoms. The maximum atomic E-state index is 11.7. The van der Waals surface area contributed by atoms with Gasteiger partial charge in [-0.15, -0.1) is 0 Å². The zero-order chi connectivity index (χ0) is 13.2. The Hall–Kier alpha value is -1.11. The lowest BCUT2D eigenvalue weighted by Crippen LogP contribution is -2.12. The van der Waals surface area contributed by atoms with Crippen LogP contribution in [0.3, 0.4) is 0 Å². The maximum absolute atomic E-state index is 11.7. The van der Waals surface area contributed by atoms with Crippen molar-refractivity contribution in [2.75, 3.05) is 13.9 Å². The van der Waals surface area contributed by atoms with Crippen LogP contribution in [0.4, 0.5) is 0 Å². The lowest BCUT2D eigenvalue weighted by molar-refractivity contribution is -0.120. The molecule has 2 atom stereocenters. The molecule has 0 aliphatic heterocycles. The third-order valence-corrected chi connectivity index (χ3v) is 2.90. The monoisotopic (exact) mass is 250 g/mol. The molecule has 0 saturated heterocycles. The molecule has 0 aromatic carbocycles. The van der Waals surface area contributed by atoms with Gasteiger partial charge in [0.15, 0.2) is 0 Å². The number of methoxy groups -OCH3 is 1. The third-order valence-electron chi connectivity index (χ3n) is 2.90. The number of hydrogen-bond donors (Lipinski definition) is 0. The molecule has 0 spiro atoms. The molecule has 1 aliphatic rings. The molecule has 0 amide bonds. The van der Waals surface area contributed by atoms with Crippen LogP contribution >= 0.6 is 0 Å². The second-order valence-electron chi connectivity index (χ2n) is 4.50. The van der Waals surface area contributed by atoms with E-state index in [1.165, 1.54) is 0 Å². The second-order valence-corrected chi connectivity index (χ2v) is 4.50. The Balaban J connectivity index is 2.61. The van der Waals surface area contributed by atoms with Crippen molar-refractivity contribution < 1.29 is 14.3 Å². The number of carbonyl (C=O) groups is 1. The fourth-order valence-electron chi connectivity index (χ4n) is 1.76. The van der Waals surface area contributed by atoms with Crippen LogP contribution in [0, 0.1) is 17.8 Å². The van der Waals surface area contributed by atoms with Crippen molar-refractivity contribution in [3.05, 3.63) is 12.2 Å². The molecule has 0 radical (unpaired) electrons. The molecular weight excluding hydrogens is 228 g/mol. The highest BCUT2D eigenvalue weighted by atomic mass is 16.7. The van der Waals surface area contributed by atoms with E-state index < -0.39 is 0 Å². The summed E-state index contributed by atoms with van der Waals surface area (Å²) in [6, 6.07) is 0. The SMILES string of the molecule is COCOC1C=CCCCCC(=O)C(C)C#CC1. The number of ether oxygens (including phenoxy) is 2. The van der Waals surface area contributed by atoms with Crippen LogP contribution < -0.4 is 0 Å². The highest BCUT2D eigenvalue weighted by molar-refractivity contribution is 5.83. The number of carbonyl (C=O) groups excluding carboxylic acids is 1. The van der Waals surface area contributed by atoms with Crippen molar-refractivity contribution in [3.8, 4) is 11.8 Å². The van der Waals surface area contributed by atoms with Crippen molar-refractivity contribution in [2.45, 2.75) is 45.1 Å². The van der Waals surface area contributed by atoms with E-state index in [1.807, 2.05) is 13.0 Å². The lowest BCUT2D eigenvalue weighted by atomic mass is 10.00. The van der Waals surface area contributed by atoms with E-state index in [0.717, 1.165) is 19.3 Å². The van der Waals surface area contributed by atoms with Crippen LogP contribution in [0.5, 0.6) is 0 Å². The van der Waals surface area contributed by atoms with Crippen molar-refractivity contribution in [3.63, 3.8) is 0 Å². The summed E-state index contributed by atoms with van der Waals surface area (Å²) >= 11 is 0. The molecule has 3 heteroatoms.